The summed E-state index contributed by atoms with van der Waals surface area (Å²) in [6.45, 7) is 0. The predicted octanol–water partition coefficient (Wildman–Crippen LogP) is 1.44. The highest BCUT2D eigenvalue weighted by Crippen LogP contribution is 2.37. The summed E-state index contributed by atoms with van der Waals surface area (Å²) in [6, 6.07) is 3.32. The number of nitrogen functional groups attached to an aromatic ring is 1. The molecule has 1 aromatic heterocycles. The third-order valence-corrected chi connectivity index (χ3v) is 3.10. The van der Waals surface area contributed by atoms with Crippen LogP contribution in [0.1, 0.15) is 5.56 Å². The Hall–Kier alpha value is -3.63. The standard InChI is InChI=1S/C14H16N6O5/c1-23-9-4-8(5-10(24-2)12(9)25-3)6-18-19-14-11(20(21)22)13(15)16-7-17-14/h4-7H,1-3H3,(H3,15,16,17,19)/b18-6-. The van der Waals surface area contributed by atoms with Gasteiger partial charge in [0.1, 0.15) is 6.33 Å². The zero-order valence-electron chi connectivity index (χ0n) is 13.7. The second kappa shape index (κ2) is 7.77. The zero-order chi connectivity index (χ0) is 18.4. The van der Waals surface area contributed by atoms with Crippen LogP contribution in [-0.4, -0.2) is 42.4 Å². The van der Waals surface area contributed by atoms with E-state index in [0.717, 1.165) is 6.33 Å². The van der Waals surface area contributed by atoms with Crippen molar-refractivity contribution in [3.8, 4) is 17.2 Å². The summed E-state index contributed by atoms with van der Waals surface area (Å²) in [5.41, 5.74) is 8.10. The average molecular weight is 348 g/mol. The number of anilines is 2. The molecule has 0 bridgehead atoms. The van der Waals surface area contributed by atoms with Gasteiger partial charge in [0, 0.05) is 5.56 Å². The minimum absolute atomic E-state index is 0.124. The maximum Gasteiger partial charge on any atom is 0.354 e. The van der Waals surface area contributed by atoms with Crippen LogP contribution < -0.4 is 25.4 Å². The topological polar surface area (TPSA) is 147 Å². The number of nitrogens with one attached hydrogen (secondary N) is 1. The Kier molecular flexibility index (Phi) is 5.50. The van der Waals surface area contributed by atoms with Crippen LogP contribution in [0.3, 0.4) is 0 Å². The molecule has 2 rings (SSSR count). The molecule has 0 aliphatic carbocycles. The molecule has 1 aromatic carbocycles. The van der Waals surface area contributed by atoms with Crippen molar-refractivity contribution in [3.63, 3.8) is 0 Å². The maximum atomic E-state index is 11.0. The molecule has 2 aromatic rings. The quantitative estimate of drug-likeness (QED) is 0.431. The first-order chi connectivity index (χ1) is 12.0. The Balaban J connectivity index is 2.29. The Morgan fingerprint density at radius 2 is 1.84 bits per heavy atom. The van der Waals surface area contributed by atoms with Crippen LogP contribution in [0.4, 0.5) is 17.3 Å². The molecule has 0 spiro atoms. The van der Waals surface area contributed by atoms with Gasteiger partial charge in [-0.05, 0) is 12.1 Å². The monoisotopic (exact) mass is 348 g/mol. The van der Waals surface area contributed by atoms with Crippen molar-refractivity contribution in [1.82, 2.24) is 9.97 Å². The smallest absolute Gasteiger partial charge is 0.354 e. The molecule has 0 saturated carbocycles. The first-order valence-corrected chi connectivity index (χ1v) is 6.85. The summed E-state index contributed by atoms with van der Waals surface area (Å²) in [7, 11) is 4.47. The molecule has 0 aliphatic rings. The molecule has 0 unspecified atom stereocenters. The van der Waals surface area contributed by atoms with E-state index in [2.05, 4.69) is 20.5 Å². The summed E-state index contributed by atoms with van der Waals surface area (Å²) in [5, 5.41) is 14.9. The second-order valence-electron chi connectivity index (χ2n) is 4.54. The summed E-state index contributed by atoms with van der Waals surface area (Å²) >= 11 is 0. The SMILES string of the molecule is COc1cc(/C=N\Nc2ncnc(N)c2[N+](=O)[O-])cc(OC)c1OC. The van der Waals surface area contributed by atoms with Crippen molar-refractivity contribution >= 4 is 23.5 Å². The van der Waals surface area contributed by atoms with E-state index in [9.17, 15) is 10.1 Å². The number of nitro groups is 1. The van der Waals surface area contributed by atoms with E-state index in [4.69, 9.17) is 19.9 Å². The highest BCUT2D eigenvalue weighted by atomic mass is 16.6. The van der Waals surface area contributed by atoms with Crippen LogP contribution in [0.2, 0.25) is 0 Å². The lowest BCUT2D eigenvalue weighted by Crippen LogP contribution is -2.05. The van der Waals surface area contributed by atoms with Gasteiger partial charge in [0.05, 0.1) is 32.5 Å². The molecule has 11 nitrogen and oxygen atoms in total. The van der Waals surface area contributed by atoms with Crippen molar-refractivity contribution in [2.75, 3.05) is 32.5 Å². The number of ether oxygens (including phenoxy) is 3. The lowest BCUT2D eigenvalue weighted by molar-refractivity contribution is -0.383. The van der Waals surface area contributed by atoms with Crippen molar-refractivity contribution in [1.29, 1.82) is 0 Å². The van der Waals surface area contributed by atoms with E-state index >= 15 is 0 Å². The third-order valence-electron chi connectivity index (χ3n) is 3.10. The highest BCUT2D eigenvalue weighted by Gasteiger charge is 2.20. The zero-order valence-corrected chi connectivity index (χ0v) is 13.7. The molecular formula is C14H16N6O5. The summed E-state index contributed by atoms with van der Waals surface area (Å²) in [6.07, 6.45) is 2.51. The van der Waals surface area contributed by atoms with E-state index in [1.165, 1.54) is 27.5 Å². The molecule has 132 valence electrons. The van der Waals surface area contributed by atoms with Gasteiger partial charge in [-0.15, -0.1) is 0 Å². The third kappa shape index (κ3) is 3.83. The molecule has 1 heterocycles. The minimum Gasteiger partial charge on any atom is -0.493 e. The van der Waals surface area contributed by atoms with Crippen LogP contribution in [0.5, 0.6) is 17.2 Å². The Morgan fingerprint density at radius 1 is 1.20 bits per heavy atom. The van der Waals surface area contributed by atoms with E-state index in [-0.39, 0.29) is 11.6 Å². The molecule has 3 N–H and O–H groups in total. The molecule has 11 heteroatoms. The number of aromatic nitrogens is 2. The largest absolute Gasteiger partial charge is 0.493 e. The molecule has 0 atom stereocenters. The van der Waals surface area contributed by atoms with Crippen molar-refractivity contribution in [2.24, 2.45) is 5.10 Å². The molecule has 0 fully saturated rings. The second-order valence-corrected chi connectivity index (χ2v) is 4.54. The fourth-order valence-electron chi connectivity index (χ4n) is 2.00. The number of benzene rings is 1. The summed E-state index contributed by atoms with van der Waals surface area (Å²) < 4.78 is 15.7. The lowest BCUT2D eigenvalue weighted by atomic mass is 10.2. The number of rotatable bonds is 7. The van der Waals surface area contributed by atoms with Crippen LogP contribution in [0, 0.1) is 10.1 Å². The van der Waals surface area contributed by atoms with Crippen molar-refractivity contribution in [3.05, 3.63) is 34.1 Å². The van der Waals surface area contributed by atoms with Crippen LogP contribution in [0.15, 0.2) is 23.6 Å². The molecule has 0 aliphatic heterocycles. The maximum absolute atomic E-state index is 11.0. The van der Waals surface area contributed by atoms with Gasteiger partial charge in [0.25, 0.3) is 0 Å². The summed E-state index contributed by atoms with van der Waals surface area (Å²) in [5.74, 6) is 0.946. The first-order valence-electron chi connectivity index (χ1n) is 6.85. The number of hydrazone groups is 1. The van der Waals surface area contributed by atoms with Gasteiger partial charge in [-0.2, -0.15) is 5.10 Å². The van der Waals surface area contributed by atoms with Crippen molar-refractivity contribution < 1.29 is 19.1 Å². The Morgan fingerprint density at radius 3 is 2.36 bits per heavy atom. The first kappa shape index (κ1) is 17.7. The number of hydrogen-bond acceptors (Lipinski definition) is 10. The summed E-state index contributed by atoms with van der Waals surface area (Å²) in [4.78, 5) is 17.7. The van der Waals surface area contributed by atoms with Gasteiger partial charge >= 0.3 is 5.69 Å². The Bertz CT molecular complexity index is 785. The van der Waals surface area contributed by atoms with Crippen molar-refractivity contribution in [2.45, 2.75) is 0 Å². The van der Waals surface area contributed by atoms with E-state index < -0.39 is 10.6 Å². The van der Waals surface area contributed by atoms with Gasteiger partial charge in [-0.25, -0.2) is 9.97 Å². The van der Waals surface area contributed by atoms with Crippen LogP contribution in [-0.2, 0) is 0 Å². The highest BCUT2D eigenvalue weighted by molar-refractivity contribution is 5.83. The fraction of sp³-hybridized carbons (Fsp3) is 0.214. The van der Waals surface area contributed by atoms with Crippen LogP contribution >= 0.6 is 0 Å². The molecule has 25 heavy (non-hydrogen) atoms. The average Bonchev–Trinajstić information content (AvgIpc) is 2.60. The van der Waals surface area contributed by atoms with Gasteiger partial charge in [0.2, 0.25) is 17.4 Å². The normalized spacial score (nSPS) is 10.5. The van der Waals surface area contributed by atoms with Gasteiger partial charge < -0.3 is 19.9 Å². The van der Waals surface area contributed by atoms with E-state index in [1.54, 1.807) is 12.1 Å². The number of hydrogen-bond donors (Lipinski definition) is 2. The van der Waals surface area contributed by atoms with Gasteiger partial charge in [-0.1, -0.05) is 0 Å². The molecule has 0 amide bonds. The van der Waals surface area contributed by atoms with E-state index in [1.807, 2.05) is 0 Å². The molecule has 0 saturated heterocycles. The van der Waals surface area contributed by atoms with Gasteiger partial charge in [0.15, 0.2) is 11.5 Å². The fourth-order valence-corrected chi connectivity index (χ4v) is 2.00. The molecule has 0 radical (unpaired) electrons. The number of methoxy groups -OCH3 is 3. The lowest BCUT2D eigenvalue weighted by Gasteiger charge is -2.12. The number of nitrogens with zero attached hydrogens (tertiary/aromatic N) is 4. The van der Waals surface area contributed by atoms with Crippen LogP contribution in [0.25, 0.3) is 0 Å². The van der Waals surface area contributed by atoms with E-state index in [0.29, 0.717) is 22.8 Å². The Labute approximate surface area is 142 Å². The van der Waals surface area contributed by atoms with Gasteiger partial charge in [-0.3, -0.25) is 15.5 Å². The number of nitrogens with two attached hydrogens (primary N) is 1. The molecular weight excluding hydrogens is 332 g/mol. The predicted molar refractivity (Wildman–Crippen MR) is 90.4 cm³/mol. The minimum atomic E-state index is -0.688.